The molecule has 0 fully saturated rings. The number of aryl methyl sites for hydroxylation is 4. The Bertz CT molecular complexity index is 4140. The molecule has 0 N–H and O–H groups in total. The average molecular weight is 976 g/mol. The van der Waals surface area contributed by atoms with E-state index in [9.17, 15) is 0 Å². The van der Waals surface area contributed by atoms with Crippen molar-refractivity contribution in [3.63, 3.8) is 0 Å². The summed E-state index contributed by atoms with van der Waals surface area (Å²) < 4.78 is 9.16. The summed E-state index contributed by atoms with van der Waals surface area (Å²) in [6.07, 6.45) is 0. The summed E-state index contributed by atoms with van der Waals surface area (Å²) in [5.74, 6) is 0. The molecule has 0 unspecified atom stereocenters. The highest BCUT2D eigenvalue weighted by Crippen LogP contribution is 2.51. The first-order valence-corrected chi connectivity index (χ1v) is 27.0. The van der Waals surface area contributed by atoms with Crippen LogP contribution in [-0.4, -0.2) is 11.3 Å². The molecule has 0 amide bonds. The maximum atomic E-state index is 6.66. The molecule has 4 nitrogen and oxygen atoms in total. The molecule has 0 saturated heterocycles. The molecule has 0 saturated carbocycles. The second-order valence-electron chi connectivity index (χ2n) is 24.9. The number of benzene rings is 9. The van der Waals surface area contributed by atoms with Crippen molar-refractivity contribution >= 4 is 101 Å². The van der Waals surface area contributed by atoms with Crippen LogP contribution in [0.25, 0.3) is 60.6 Å². The number of hydrogen-bond donors (Lipinski definition) is 0. The zero-order chi connectivity index (χ0) is 52.2. The van der Waals surface area contributed by atoms with Crippen LogP contribution < -0.4 is 26.2 Å². The summed E-state index contributed by atoms with van der Waals surface area (Å²) in [5.41, 5.74) is 27.7. The third kappa shape index (κ3) is 7.17. The van der Waals surface area contributed by atoms with Crippen LogP contribution in [-0.2, 0) is 16.2 Å². The number of nitrogens with zero attached hydrogens (tertiary/aromatic N) is 3. The predicted octanol–water partition coefficient (Wildman–Crippen LogP) is 17.6. The van der Waals surface area contributed by atoms with E-state index < -0.39 is 0 Å². The summed E-state index contributed by atoms with van der Waals surface area (Å²) in [4.78, 5) is 5.32. The fourth-order valence-electron chi connectivity index (χ4n) is 12.8. The quantitative estimate of drug-likeness (QED) is 0.164. The summed E-state index contributed by atoms with van der Waals surface area (Å²) in [7, 11) is 0. The van der Waals surface area contributed by atoms with Crippen LogP contribution in [0.1, 0.15) is 101 Å². The molecule has 13 rings (SSSR count). The van der Waals surface area contributed by atoms with Crippen LogP contribution in [0.2, 0.25) is 0 Å². The first-order chi connectivity index (χ1) is 35.8. The zero-order valence-corrected chi connectivity index (χ0v) is 45.9. The molecule has 11 aromatic rings. The van der Waals surface area contributed by atoms with Gasteiger partial charge in [-0.2, -0.15) is 0 Å². The lowest BCUT2D eigenvalue weighted by Gasteiger charge is -2.46. The van der Waals surface area contributed by atoms with Gasteiger partial charge in [-0.1, -0.05) is 159 Å². The van der Waals surface area contributed by atoms with E-state index in [2.05, 4.69) is 268 Å². The Balaban J connectivity index is 1.15. The Hall–Kier alpha value is -7.76. The van der Waals surface area contributed by atoms with Crippen molar-refractivity contribution in [1.82, 2.24) is 4.57 Å². The highest BCUT2D eigenvalue weighted by Gasteiger charge is 2.46. The van der Waals surface area contributed by atoms with Gasteiger partial charge in [0.25, 0.3) is 6.71 Å². The minimum atomic E-state index is -0.166. The van der Waals surface area contributed by atoms with E-state index in [0.29, 0.717) is 0 Å². The fraction of sp³-hybridized carbons (Fsp3) is 0.229. The summed E-state index contributed by atoms with van der Waals surface area (Å²) >= 11 is 0. The molecule has 4 heterocycles. The van der Waals surface area contributed by atoms with Gasteiger partial charge in [0.2, 0.25) is 0 Å². The molecule has 2 aromatic heterocycles. The summed E-state index contributed by atoms with van der Waals surface area (Å²) in [5, 5.41) is 4.84. The molecule has 0 radical (unpaired) electrons. The van der Waals surface area contributed by atoms with Crippen LogP contribution in [0.5, 0.6) is 0 Å². The van der Waals surface area contributed by atoms with Gasteiger partial charge in [0.15, 0.2) is 0 Å². The van der Waals surface area contributed by atoms with Crippen molar-refractivity contribution in [2.45, 2.75) is 106 Å². The van der Waals surface area contributed by atoms with Crippen LogP contribution in [0.15, 0.2) is 168 Å². The van der Waals surface area contributed by atoms with E-state index >= 15 is 0 Å². The zero-order valence-electron chi connectivity index (χ0n) is 45.9. The number of furan rings is 1. The Kier molecular flexibility index (Phi) is 10.3. The first kappa shape index (κ1) is 47.0. The molecule has 9 aromatic carbocycles. The normalized spacial score (nSPS) is 13.6. The largest absolute Gasteiger partial charge is 0.455 e. The number of para-hydroxylation sites is 4. The van der Waals surface area contributed by atoms with E-state index in [0.717, 1.165) is 38.8 Å². The lowest BCUT2D eigenvalue weighted by atomic mass is 9.33. The van der Waals surface area contributed by atoms with E-state index in [1.54, 1.807) is 0 Å². The predicted molar refractivity (Wildman–Crippen MR) is 323 cm³/mol. The van der Waals surface area contributed by atoms with Gasteiger partial charge in [-0.15, -0.1) is 0 Å². The van der Waals surface area contributed by atoms with Gasteiger partial charge in [-0.25, -0.2) is 0 Å². The molecule has 370 valence electrons. The van der Waals surface area contributed by atoms with Gasteiger partial charge < -0.3 is 18.8 Å². The highest BCUT2D eigenvalue weighted by molar-refractivity contribution is 7.00. The topological polar surface area (TPSA) is 24.6 Å². The van der Waals surface area contributed by atoms with Gasteiger partial charge >= 0.3 is 0 Å². The standard InChI is InChI=1S/C70H66BN3O/c1-41-21-19-22-42(2)65(41)74-60-40-58-54(53-35-46(68(5,6)7)30-32-57(53)72(58)49-23-15-14-16-24-49)39-56(60)71-55-31-29-47(69(8,9)10)36-59(55)73(61-37-48(70(11,12)13)38-62(74)64(61)71)66-43(3)33-45(34-44(66)4)50-26-20-27-52-51-25-17-18-28-63(51)75-67(50)52/h14-40H,1-13H3. The molecular formula is C70H66BN3O. The summed E-state index contributed by atoms with van der Waals surface area (Å²) in [6, 6.07) is 62.3. The molecule has 75 heavy (non-hydrogen) atoms. The van der Waals surface area contributed by atoms with E-state index in [1.807, 2.05) is 0 Å². The van der Waals surface area contributed by atoms with Gasteiger partial charge in [0.1, 0.15) is 11.2 Å². The van der Waals surface area contributed by atoms with Crippen molar-refractivity contribution in [3.05, 3.63) is 203 Å². The van der Waals surface area contributed by atoms with Gasteiger partial charge in [0, 0.05) is 55.5 Å². The lowest BCUT2D eigenvalue weighted by Crippen LogP contribution is -2.61. The van der Waals surface area contributed by atoms with Crippen molar-refractivity contribution < 1.29 is 4.42 Å². The molecule has 0 atom stereocenters. The number of aromatic nitrogens is 1. The highest BCUT2D eigenvalue weighted by atomic mass is 16.3. The van der Waals surface area contributed by atoms with Gasteiger partial charge in [-0.3, -0.25) is 0 Å². The molecule has 5 heteroatoms. The third-order valence-corrected chi connectivity index (χ3v) is 16.7. The van der Waals surface area contributed by atoms with E-state index in [-0.39, 0.29) is 23.0 Å². The average Bonchev–Trinajstić information content (AvgIpc) is 3.93. The van der Waals surface area contributed by atoms with Gasteiger partial charge in [0.05, 0.1) is 22.4 Å². The molecule has 2 aliphatic heterocycles. The number of rotatable bonds is 4. The second-order valence-corrected chi connectivity index (χ2v) is 24.9. The lowest BCUT2D eigenvalue weighted by molar-refractivity contribution is 0.590. The van der Waals surface area contributed by atoms with Crippen molar-refractivity contribution in [3.8, 4) is 16.8 Å². The molecule has 0 aliphatic carbocycles. The Morgan fingerprint density at radius 2 is 0.947 bits per heavy atom. The number of fused-ring (bicyclic) bond motifs is 10. The van der Waals surface area contributed by atoms with Gasteiger partial charge in [-0.05, 0) is 172 Å². The Morgan fingerprint density at radius 3 is 1.61 bits per heavy atom. The van der Waals surface area contributed by atoms with Crippen molar-refractivity contribution in [2.75, 3.05) is 9.80 Å². The Labute approximate surface area is 443 Å². The molecule has 0 spiro atoms. The Morgan fingerprint density at radius 1 is 0.400 bits per heavy atom. The minimum absolute atomic E-state index is 0.0207. The molecule has 0 bridgehead atoms. The monoisotopic (exact) mass is 976 g/mol. The van der Waals surface area contributed by atoms with Crippen LogP contribution >= 0.6 is 0 Å². The first-order valence-electron chi connectivity index (χ1n) is 27.0. The van der Waals surface area contributed by atoms with Crippen molar-refractivity contribution in [1.29, 1.82) is 0 Å². The fourth-order valence-corrected chi connectivity index (χ4v) is 12.8. The van der Waals surface area contributed by atoms with Crippen LogP contribution in [0, 0.1) is 27.7 Å². The number of anilines is 6. The van der Waals surface area contributed by atoms with Crippen molar-refractivity contribution in [2.24, 2.45) is 0 Å². The smallest absolute Gasteiger partial charge is 0.252 e. The summed E-state index contributed by atoms with van der Waals surface area (Å²) in [6.45, 7) is 30.3. The van der Waals surface area contributed by atoms with Crippen LogP contribution in [0.4, 0.5) is 34.1 Å². The van der Waals surface area contributed by atoms with E-state index in [4.69, 9.17) is 4.42 Å². The van der Waals surface area contributed by atoms with E-state index in [1.165, 1.54) is 111 Å². The minimum Gasteiger partial charge on any atom is -0.455 e. The van der Waals surface area contributed by atoms with Crippen LogP contribution in [0.3, 0.4) is 0 Å². The molecule has 2 aliphatic rings. The third-order valence-electron chi connectivity index (χ3n) is 16.7. The SMILES string of the molecule is Cc1cc(-c2cccc3c2oc2ccccc23)cc(C)c1N1c2cc(C(C)(C)C)ccc2B2c3cc4c5cc(C(C)(C)C)ccc5n(-c5ccccc5)c4cc3N(c3c(C)cccc3C)c3cc(C(C)(C)C)cc1c32. The second kappa shape index (κ2) is 16.4. The maximum Gasteiger partial charge on any atom is 0.252 e. The number of hydrogen-bond acceptors (Lipinski definition) is 3. The molecular weight excluding hydrogens is 910 g/mol. The maximum absolute atomic E-state index is 6.66.